The Morgan fingerprint density at radius 1 is 1.29 bits per heavy atom. The van der Waals surface area contributed by atoms with Crippen LogP contribution in [-0.4, -0.2) is 40.8 Å². The molecule has 0 saturated heterocycles. The van der Waals surface area contributed by atoms with E-state index in [1.165, 1.54) is 6.33 Å². The number of carbonyl (C=O) groups excluding carboxylic acids is 1. The molecule has 1 aromatic heterocycles. The van der Waals surface area contributed by atoms with E-state index in [2.05, 4.69) is 21.9 Å². The van der Waals surface area contributed by atoms with Gasteiger partial charge in [0, 0.05) is 19.8 Å². The molecule has 6 nitrogen and oxygen atoms in total. The highest BCUT2D eigenvalue weighted by Crippen LogP contribution is 2.25. The van der Waals surface area contributed by atoms with Crippen LogP contribution >= 0.6 is 0 Å². The van der Waals surface area contributed by atoms with Crippen molar-refractivity contribution in [3.05, 3.63) is 53.1 Å². The lowest BCUT2D eigenvalue weighted by Gasteiger charge is -2.12. The molecular weight excluding hydrogens is 304 g/mol. The zero-order valence-corrected chi connectivity index (χ0v) is 14.5. The number of hydrogen-bond acceptors (Lipinski definition) is 5. The van der Waals surface area contributed by atoms with Crippen molar-refractivity contribution < 1.29 is 9.53 Å². The third kappa shape index (κ3) is 4.38. The minimum atomic E-state index is -0.365. The molecular formula is C18H22N4O2. The van der Waals surface area contributed by atoms with Gasteiger partial charge in [0.1, 0.15) is 12.9 Å². The molecule has 2 rings (SSSR count). The maximum Gasteiger partial charge on any atom is 0.338 e. The first-order valence-corrected chi connectivity index (χ1v) is 7.79. The maximum atomic E-state index is 12.3. The Morgan fingerprint density at radius 3 is 2.75 bits per heavy atom. The predicted molar refractivity (Wildman–Crippen MR) is 93.5 cm³/mol. The second-order valence-corrected chi connectivity index (χ2v) is 5.48. The second kappa shape index (κ2) is 8.19. The van der Waals surface area contributed by atoms with E-state index in [-0.39, 0.29) is 12.6 Å². The Labute approximate surface area is 142 Å². The SMILES string of the molecule is CCN(C)/C=N/c1ccc(C(=O)OCc2ccncn2)c(C)c1C. The van der Waals surface area contributed by atoms with Gasteiger partial charge < -0.3 is 9.64 Å². The van der Waals surface area contributed by atoms with Crippen LogP contribution in [0.15, 0.2) is 35.7 Å². The van der Waals surface area contributed by atoms with E-state index in [0.29, 0.717) is 11.3 Å². The van der Waals surface area contributed by atoms with E-state index in [4.69, 9.17) is 4.74 Å². The van der Waals surface area contributed by atoms with Gasteiger partial charge in [-0.05, 0) is 50.1 Å². The summed E-state index contributed by atoms with van der Waals surface area (Å²) in [6.07, 6.45) is 4.83. The normalized spacial score (nSPS) is 10.8. The highest BCUT2D eigenvalue weighted by molar-refractivity contribution is 5.92. The minimum Gasteiger partial charge on any atom is -0.456 e. The molecule has 0 amide bonds. The molecule has 1 aromatic carbocycles. The number of rotatable bonds is 6. The summed E-state index contributed by atoms with van der Waals surface area (Å²) in [5.41, 5.74) is 3.89. The fourth-order valence-electron chi connectivity index (χ4n) is 2.03. The summed E-state index contributed by atoms with van der Waals surface area (Å²) >= 11 is 0. The van der Waals surface area contributed by atoms with Crippen LogP contribution in [0.25, 0.3) is 0 Å². The molecule has 24 heavy (non-hydrogen) atoms. The zero-order chi connectivity index (χ0) is 17.5. The third-order valence-electron chi connectivity index (χ3n) is 3.87. The van der Waals surface area contributed by atoms with E-state index in [1.807, 2.05) is 31.9 Å². The number of carbonyl (C=O) groups is 1. The Morgan fingerprint density at radius 2 is 2.08 bits per heavy atom. The smallest absolute Gasteiger partial charge is 0.338 e. The van der Waals surface area contributed by atoms with Crippen LogP contribution in [0.2, 0.25) is 0 Å². The predicted octanol–water partition coefficient (Wildman–Crippen LogP) is 3.06. The lowest BCUT2D eigenvalue weighted by Crippen LogP contribution is -2.14. The molecule has 0 atom stereocenters. The van der Waals surface area contributed by atoms with Gasteiger partial charge in [-0.3, -0.25) is 0 Å². The molecule has 1 heterocycles. The van der Waals surface area contributed by atoms with Gasteiger partial charge in [-0.2, -0.15) is 0 Å². The molecule has 0 N–H and O–H groups in total. The van der Waals surface area contributed by atoms with Gasteiger partial charge in [-0.15, -0.1) is 0 Å². The average Bonchev–Trinajstić information content (AvgIpc) is 2.61. The zero-order valence-electron chi connectivity index (χ0n) is 14.5. The summed E-state index contributed by atoms with van der Waals surface area (Å²) in [5, 5.41) is 0. The third-order valence-corrected chi connectivity index (χ3v) is 3.87. The largest absolute Gasteiger partial charge is 0.456 e. The van der Waals surface area contributed by atoms with Gasteiger partial charge in [-0.25, -0.2) is 19.8 Å². The Balaban J connectivity index is 2.12. The van der Waals surface area contributed by atoms with Crippen LogP contribution in [-0.2, 0) is 11.3 Å². The van der Waals surface area contributed by atoms with Crippen molar-refractivity contribution >= 4 is 18.0 Å². The van der Waals surface area contributed by atoms with Gasteiger partial charge in [0.2, 0.25) is 0 Å². The van der Waals surface area contributed by atoms with Crippen molar-refractivity contribution in [3.63, 3.8) is 0 Å². The van der Waals surface area contributed by atoms with Gasteiger partial charge in [0.15, 0.2) is 0 Å². The first-order chi connectivity index (χ1) is 11.5. The highest BCUT2D eigenvalue weighted by Gasteiger charge is 2.14. The molecule has 0 unspecified atom stereocenters. The van der Waals surface area contributed by atoms with Crippen molar-refractivity contribution in [2.45, 2.75) is 27.4 Å². The molecule has 0 fully saturated rings. The highest BCUT2D eigenvalue weighted by atomic mass is 16.5. The van der Waals surface area contributed by atoms with Gasteiger partial charge in [-0.1, -0.05) is 0 Å². The van der Waals surface area contributed by atoms with Crippen molar-refractivity contribution in [1.82, 2.24) is 14.9 Å². The molecule has 0 spiro atoms. The Hall–Kier alpha value is -2.76. The van der Waals surface area contributed by atoms with Crippen LogP contribution < -0.4 is 0 Å². The summed E-state index contributed by atoms with van der Waals surface area (Å²) in [6.45, 7) is 6.92. The summed E-state index contributed by atoms with van der Waals surface area (Å²) in [6, 6.07) is 5.31. The van der Waals surface area contributed by atoms with Crippen LogP contribution in [0.5, 0.6) is 0 Å². The van der Waals surface area contributed by atoms with E-state index in [1.54, 1.807) is 24.7 Å². The summed E-state index contributed by atoms with van der Waals surface area (Å²) in [5.74, 6) is -0.365. The van der Waals surface area contributed by atoms with Crippen molar-refractivity contribution in [3.8, 4) is 0 Å². The monoisotopic (exact) mass is 326 g/mol. The minimum absolute atomic E-state index is 0.126. The fourth-order valence-corrected chi connectivity index (χ4v) is 2.03. The van der Waals surface area contributed by atoms with Gasteiger partial charge in [0.05, 0.1) is 23.3 Å². The van der Waals surface area contributed by atoms with E-state index in [9.17, 15) is 4.79 Å². The number of benzene rings is 1. The van der Waals surface area contributed by atoms with Crippen LogP contribution in [0.3, 0.4) is 0 Å². The van der Waals surface area contributed by atoms with Crippen molar-refractivity contribution in [1.29, 1.82) is 0 Å². The number of hydrogen-bond donors (Lipinski definition) is 0. The summed E-state index contributed by atoms with van der Waals surface area (Å²) in [4.78, 5) is 26.6. The fraction of sp³-hybridized carbons (Fsp3) is 0.333. The lowest BCUT2D eigenvalue weighted by atomic mass is 10.0. The van der Waals surface area contributed by atoms with E-state index in [0.717, 1.165) is 23.4 Å². The molecule has 2 aromatic rings. The number of ether oxygens (including phenoxy) is 1. The molecule has 0 saturated carbocycles. The first kappa shape index (κ1) is 17.6. The van der Waals surface area contributed by atoms with Gasteiger partial charge in [0.25, 0.3) is 0 Å². The summed E-state index contributed by atoms with van der Waals surface area (Å²) in [7, 11) is 1.96. The van der Waals surface area contributed by atoms with Crippen LogP contribution in [0, 0.1) is 13.8 Å². The summed E-state index contributed by atoms with van der Waals surface area (Å²) < 4.78 is 5.33. The van der Waals surface area contributed by atoms with Crippen molar-refractivity contribution in [2.75, 3.05) is 13.6 Å². The topological polar surface area (TPSA) is 67.7 Å². The second-order valence-electron chi connectivity index (χ2n) is 5.48. The maximum absolute atomic E-state index is 12.3. The Kier molecular flexibility index (Phi) is 6.01. The van der Waals surface area contributed by atoms with Gasteiger partial charge >= 0.3 is 5.97 Å². The molecule has 0 radical (unpaired) electrons. The van der Waals surface area contributed by atoms with Crippen LogP contribution in [0.4, 0.5) is 5.69 Å². The molecule has 6 heteroatoms. The molecule has 0 bridgehead atoms. The Bertz CT molecular complexity index is 729. The quantitative estimate of drug-likeness (QED) is 0.464. The van der Waals surface area contributed by atoms with Crippen molar-refractivity contribution in [2.24, 2.45) is 4.99 Å². The molecule has 126 valence electrons. The average molecular weight is 326 g/mol. The first-order valence-electron chi connectivity index (χ1n) is 7.79. The molecule has 0 aliphatic carbocycles. The number of aliphatic imine (C=N–C) groups is 1. The van der Waals surface area contributed by atoms with E-state index >= 15 is 0 Å². The number of aromatic nitrogens is 2. The van der Waals surface area contributed by atoms with Crippen LogP contribution in [0.1, 0.15) is 34.1 Å². The van der Waals surface area contributed by atoms with E-state index < -0.39 is 0 Å². The molecule has 0 aliphatic rings. The number of nitrogens with zero attached hydrogens (tertiary/aromatic N) is 4. The standard InChI is InChI=1S/C18H22N4O2/c1-5-22(4)12-21-17-7-6-16(13(2)14(17)3)18(23)24-10-15-8-9-19-11-20-15/h6-9,11-12H,5,10H2,1-4H3/b21-12+. The lowest BCUT2D eigenvalue weighted by molar-refractivity contribution is 0.0466. The number of esters is 1. The molecule has 0 aliphatic heterocycles.